The quantitative estimate of drug-likeness (QED) is 0.300. The SMILES string of the molecule is CC(C)(OC(=O)CCSc1ccc(OC(=O)F)cc1)C12CC3CC(CC(C3)C1)C2. The van der Waals surface area contributed by atoms with E-state index in [2.05, 4.69) is 18.6 Å². The van der Waals surface area contributed by atoms with E-state index in [4.69, 9.17) is 4.74 Å². The number of ether oxygens (including phenoxy) is 2. The second-order valence-corrected chi connectivity index (χ2v) is 10.8. The largest absolute Gasteiger partial charge is 0.500 e. The van der Waals surface area contributed by atoms with Crippen molar-refractivity contribution in [1.29, 1.82) is 0 Å². The molecule has 4 bridgehead atoms. The van der Waals surface area contributed by atoms with E-state index >= 15 is 0 Å². The molecule has 1 aromatic rings. The molecule has 0 unspecified atom stereocenters. The smallest absolute Gasteiger partial charge is 0.459 e. The highest BCUT2D eigenvalue weighted by Gasteiger charge is 2.58. The fourth-order valence-electron chi connectivity index (χ4n) is 6.24. The first-order chi connectivity index (χ1) is 13.7. The summed E-state index contributed by atoms with van der Waals surface area (Å²) < 4.78 is 22.7. The van der Waals surface area contributed by atoms with Crippen molar-refractivity contribution in [2.45, 2.75) is 69.3 Å². The van der Waals surface area contributed by atoms with Crippen LogP contribution >= 0.6 is 11.8 Å². The van der Waals surface area contributed by atoms with Crippen LogP contribution in [-0.2, 0) is 9.53 Å². The summed E-state index contributed by atoms with van der Waals surface area (Å²) in [5, 5.41) is 0. The molecule has 0 amide bonds. The van der Waals surface area contributed by atoms with Crippen molar-refractivity contribution in [3.05, 3.63) is 24.3 Å². The maximum absolute atomic E-state index is 12.6. The third-order valence-corrected chi connectivity index (χ3v) is 8.29. The van der Waals surface area contributed by atoms with Gasteiger partial charge in [-0.2, -0.15) is 0 Å². The van der Waals surface area contributed by atoms with E-state index in [1.807, 2.05) is 0 Å². The Balaban J connectivity index is 1.28. The van der Waals surface area contributed by atoms with E-state index in [0.717, 1.165) is 22.6 Å². The highest BCUT2D eigenvalue weighted by atomic mass is 32.2. The first-order valence-corrected chi connectivity index (χ1v) is 11.6. The van der Waals surface area contributed by atoms with Crippen molar-refractivity contribution in [2.24, 2.45) is 23.2 Å². The van der Waals surface area contributed by atoms with Gasteiger partial charge in [0.05, 0.1) is 6.42 Å². The lowest BCUT2D eigenvalue weighted by atomic mass is 9.46. The number of thioether (sulfide) groups is 1. The monoisotopic (exact) mass is 420 g/mol. The van der Waals surface area contributed by atoms with E-state index in [0.29, 0.717) is 12.2 Å². The van der Waals surface area contributed by atoms with Gasteiger partial charge in [-0.3, -0.25) is 4.79 Å². The van der Waals surface area contributed by atoms with E-state index in [-0.39, 0.29) is 17.1 Å². The lowest BCUT2D eigenvalue weighted by Crippen LogP contribution is -2.57. The molecule has 29 heavy (non-hydrogen) atoms. The maximum Gasteiger partial charge on any atom is 0.500 e. The highest BCUT2D eigenvalue weighted by molar-refractivity contribution is 7.99. The Bertz CT molecular complexity index is 738. The molecule has 0 heterocycles. The van der Waals surface area contributed by atoms with Crippen LogP contribution in [-0.4, -0.2) is 23.5 Å². The summed E-state index contributed by atoms with van der Waals surface area (Å²) in [7, 11) is 0. The van der Waals surface area contributed by atoms with Crippen molar-refractivity contribution >= 4 is 24.0 Å². The van der Waals surface area contributed by atoms with Gasteiger partial charge in [-0.15, -0.1) is 16.2 Å². The Morgan fingerprint density at radius 1 is 1.07 bits per heavy atom. The lowest BCUT2D eigenvalue weighted by Gasteiger charge is -2.61. The minimum absolute atomic E-state index is 0.138. The van der Waals surface area contributed by atoms with E-state index in [1.165, 1.54) is 62.4 Å². The van der Waals surface area contributed by atoms with Crippen molar-refractivity contribution in [1.82, 2.24) is 0 Å². The van der Waals surface area contributed by atoms with Gasteiger partial charge in [-0.1, -0.05) is 0 Å². The summed E-state index contributed by atoms with van der Waals surface area (Å²) in [6.45, 7) is 4.24. The number of esters is 1. The molecule has 0 spiro atoms. The average Bonchev–Trinajstić information content (AvgIpc) is 2.61. The van der Waals surface area contributed by atoms with Gasteiger partial charge in [0.2, 0.25) is 0 Å². The van der Waals surface area contributed by atoms with Crippen LogP contribution in [0.15, 0.2) is 29.2 Å². The minimum atomic E-state index is -1.82. The third-order valence-electron chi connectivity index (χ3n) is 7.28. The molecule has 0 aliphatic heterocycles. The molecule has 0 aromatic heterocycles. The van der Waals surface area contributed by atoms with Crippen LogP contribution in [0.1, 0.15) is 58.8 Å². The molecule has 0 atom stereocenters. The summed E-state index contributed by atoms with van der Waals surface area (Å²) in [6.07, 6.45) is 6.30. The first kappa shape index (κ1) is 20.7. The van der Waals surface area contributed by atoms with Gasteiger partial charge < -0.3 is 9.47 Å². The Labute approximate surface area is 175 Å². The van der Waals surface area contributed by atoms with Crippen LogP contribution < -0.4 is 4.74 Å². The Kier molecular flexibility index (Phi) is 5.66. The van der Waals surface area contributed by atoms with Crippen molar-refractivity contribution in [3.63, 3.8) is 0 Å². The Morgan fingerprint density at radius 2 is 1.62 bits per heavy atom. The number of halogens is 1. The van der Waals surface area contributed by atoms with Gasteiger partial charge in [-0.25, -0.2) is 4.79 Å². The van der Waals surface area contributed by atoms with E-state index < -0.39 is 11.8 Å². The molecule has 5 rings (SSSR count). The number of hydrogen-bond acceptors (Lipinski definition) is 5. The normalized spacial score (nSPS) is 30.2. The highest BCUT2D eigenvalue weighted by Crippen LogP contribution is 2.64. The summed E-state index contributed by atoms with van der Waals surface area (Å²) in [6, 6.07) is 6.56. The van der Waals surface area contributed by atoms with Gasteiger partial charge in [0.1, 0.15) is 11.4 Å². The Hall–Kier alpha value is -1.56. The summed E-state index contributed by atoms with van der Waals surface area (Å²) >= 11 is 1.53. The molecule has 0 saturated heterocycles. The van der Waals surface area contributed by atoms with E-state index in [9.17, 15) is 14.0 Å². The molecule has 4 saturated carbocycles. The topological polar surface area (TPSA) is 52.6 Å². The standard InChI is InChI=1S/C23H29FO4S/c1-22(2,23-12-15-9-16(13-23)11-17(10-15)14-23)28-20(25)7-8-29-19-5-3-18(4-6-19)27-21(24)26/h3-6,15-17H,7-14H2,1-2H3. The molecule has 4 aliphatic rings. The average molecular weight is 421 g/mol. The first-order valence-electron chi connectivity index (χ1n) is 10.6. The van der Waals surface area contributed by atoms with Crippen molar-refractivity contribution in [2.75, 3.05) is 5.75 Å². The number of hydrogen-bond donors (Lipinski definition) is 0. The van der Waals surface area contributed by atoms with Crippen LogP contribution in [0.3, 0.4) is 0 Å². The summed E-state index contributed by atoms with van der Waals surface area (Å²) in [5.41, 5.74) is -0.253. The zero-order valence-corrected chi connectivity index (χ0v) is 17.9. The predicted molar refractivity (Wildman–Crippen MR) is 110 cm³/mol. The number of carbonyl (C=O) groups is 2. The van der Waals surface area contributed by atoms with Gasteiger partial charge in [-0.05, 0) is 94.4 Å². The Morgan fingerprint density at radius 3 is 2.14 bits per heavy atom. The number of benzene rings is 1. The van der Waals surface area contributed by atoms with Gasteiger partial charge in [0, 0.05) is 16.1 Å². The maximum atomic E-state index is 12.6. The molecular formula is C23H29FO4S. The molecule has 0 N–H and O–H groups in total. The fourth-order valence-corrected chi connectivity index (χ4v) is 7.07. The van der Waals surface area contributed by atoms with Crippen LogP contribution in [0.5, 0.6) is 5.75 Å². The second-order valence-electron chi connectivity index (χ2n) is 9.59. The lowest BCUT2D eigenvalue weighted by molar-refractivity contribution is -0.198. The summed E-state index contributed by atoms with van der Waals surface area (Å²) in [5.74, 6) is 3.12. The van der Waals surface area contributed by atoms with Crippen LogP contribution in [0, 0.1) is 23.2 Å². The summed E-state index contributed by atoms with van der Waals surface area (Å²) in [4.78, 5) is 23.8. The van der Waals surface area contributed by atoms with Crippen molar-refractivity contribution in [3.8, 4) is 5.75 Å². The molecule has 158 valence electrons. The van der Waals surface area contributed by atoms with Gasteiger partial charge in [0.15, 0.2) is 0 Å². The molecular weight excluding hydrogens is 391 g/mol. The van der Waals surface area contributed by atoms with Gasteiger partial charge >= 0.3 is 12.2 Å². The van der Waals surface area contributed by atoms with Gasteiger partial charge in [0.25, 0.3) is 0 Å². The third kappa shape index (κ3) is 4.47. The van der Waals surface area contributed by atoms with Crippen LogP contribution in [0.2, 0.25) is 0 Å². The molecule has 1 aromatic carbocycles. The second kappa shape index (κ2) is 7.93. The number of rotatable bonds is 7. The molecule has 0 radical (unpaired) electrons. The van der Waals surface area contributed by atoms with Crippen LogP contribution in [0.25, 0.3) is 0 Å². The zero-order valence-electron chi connectivity index (χ0n) is 17.1. The zero-order chi connectivity index (χ0) is 20.6. The molecule has 4 aliphatic carbocycles. The van der Waals surface area contributed by atoms with Crippen molar-refractivity contribution < 1.29 is 23.5 Å². The van der Waals surface area contributed by atoms with Crippen LogP contribution in [0.4, 0.5) is 9.18 Å². The predicted octanol–water partition coefficient (Wildman–Crippen LogP) is 6.18. The molecule has 4 nitrogen and oxygen atoms in total. The van der Waals surface area contributed by atoms with E-state index in [1.54, 1.807) is 12.1 Å². The molecule has 6 heteroatoms. The molecule has 4 fully saturated rings. The fraction of sp³-hybridized carbons (Fsp3) is 0.652. The number of carbonyl (C=O) groups excluding carboxylic acids is 2. The minimum Gasteiger partial charge on any atom is -0.459 e.